The first kappa shape index (κ1) is 13.2. The summed E-state index contributed by atoms with van der Waals surface area (Å²) in [5.41, 5.74) is 6.87. The highest BCUT2D eigenvalue weighted by molar-refractivity contribution is 9.10. The predicted octanol–water partition coefficient (Wildman–Crippen LogP) is 4.40. The van der Waals surface area contributed by atoms with Gasteiger partial charge in [-0.1, -0.05) is 39.7 Å². The van der Waals surface area contributed by atoms with E-state index in [1.165, 1.54) is 6.07 Å². The number of benzene rings is 2. The maximum Gasteiger partial charge on any atom is 0.142 e. The average Bonchev–Trinajstić information content (AvgIpc) is 2.30. The number of ether oxygens (including phenoxy) is 1. The number of anilines is 1. The molecule has 0 fully saturated rings. The van der Waals surface area contributed by atoms with Crippen molar-refractivity contribution < 1.29 is 9.13 Å². The van der Waals surface area contributed by atoms with Crippen molar-refractivity contribution in [2.24, 2.45) is 0 Å². The van der Waals surface area contributed by atoms with E-state index in [0.29, 0.717) is 17.0 Å². The number of halogens is 3. The highest BCUT2D eigenvalue weighted by atomic mass is 79.9. The van der Waals surface area contributed by atoms with Gasteiger partial charge in [0, 0.05) is 21.8 Å². The first-order valence-corrected chi connectivity index (χ1v) is 6.35. The Morgan fingerprint density at radius 1 is 1.28 bits per heavy atom. The molecule has 0 amide bonds. The van der Waals surface area contributed by atoms with Gasteiger partial charge < -0.3 is 10.5 Å². The molecule has 0 aliphatic heterocycles. The normalized spacial score (nSPS) is 10.4. The van der Waals surface area contributed by atoms with E-state index in [4.69, 9.17) is 22.1 Å². The minimum atomic E-state index is -0.452. The maximum absolute atomic E-state index is 13.2. The van der Waals surface area contributed by atoms with Crippen LogP contribution in [0.2, 0.25) is 5.02 Å². The fourth-order valence-electron chi connectivity index (χ4n) is 1.49. The third-order valence-electron chi connectivity index (χ3n) is 2.32. The average molecular weight is 331 g/mol. The summed E-state index contributed by atoms with van der Waals surface area (Å²) in [4.78, 5) is 0. The lowest BCUT2D eigenvalue weighted by molar-refractivity contribution is 0.305. The van der Waals surface area contributed by atoms with Crippen molar-refractivity contribution in [2.45, 2.75) is 6.61 Å². The van der Waals surface area contributed by atoms with Gasteiger partial charge in [0.25, 0.3) is 0 Å². The summed E-state index contributed by atoms with van der Waals surface area (Å²) in [5.74, 6) is 0.147. The molecule has 0 atom stereocenters. The van der Waals surface area contributed by atoms with Crippen molar-refractivity contribution in [1.29, 1.82) is 0 Å². The molecule has 94 valence electrons. The van der Waals surface area contributed by atoms with Crippen molar-refractivity contribution in [3.05, 3.63) is 57.3 Å². The van der Waals surface area contributed by atoms with Gasteiger partial charge in [-0.3, -0.25) is 0 Å². The molecule has 0 heterocycles. The molecule has 2 aromatic rings. The standard InChI is InChI=1S/C13H10BrClFNO/c14-9-4-10(17)6-11(5-9)18-7-8-2-1-3-12(16)13(8)15/h1-6H,7,17H2. The highest BCUT2D eigenvalue weighted by Crippen LogP contribution is 2.25. The Morgan fingerprint density at radius 3 is 2.78 bits per heavy atom. The number of rotatable bonds is 3. The molecular formula is C13H10BrClFNO. The van der Waals surface area contributed by atoms with Gasteiger partial charge in [-0.25, -0.2) is 4.39 Å². The Bertz CT molecular complexity index is 557. The lowest BCUT2D eigenvalue weighted by Crippen LogP contribution is -1.98. The molecule has 5 heteroatoms. The second kappa shape index (κ2) is 5.59. The van der Waals surface area contributed by atoms with Gasteiger partial charge in [-0.2, -0.15) is 0 Å². The zero-order chi connectivity index (χ0) is 13.1. The Balaban J connectivity index is 2.14. The summed E-state index contributed by atoms with van der Waals surface area (Å²) in [6.07, 6.45) is 0. The Hall–Kier alpha value is -1.26. The van der Waals surface area contributed by atoms with Gasteiger partial charge in [-0.05, 0) is 18.2 Å². The van der Waals surface area contributed by atoms with Crippen LogP contribution in [-0.2, 0) is 6.61 Å². The van der Waals surface area contributed by atoms with Crippen molar-refractivity contribution in [3.8, 4) is 5.75 Å². The quantitative estimate of drug-likeness (QED) is 0.846. The molecule has 2 aromatic carbocycles. The first-order valence-electron chi connectivity index (χ1n) is 5.18. The van der Waals surface area contributed by atoms with Gasteiger partial charge in [0.15, 0.2) is 0 Å². The first-order chi connectivity index (χ1) is 8.56. The Labute approximate surface area is 118 Å². The predicted molar refractivity (Wildman–Crippen MR) is 74.3 cm³/mol. The molecule has 0 bridgehead atoms. The fourth-order valence-corrected chi connectivity index (χ4v) is 2.16. The Morgan fingerprint density at radius 2 is 2.06 bits per heavy atom. The zero-order valence-corrected chi connectivity index (χ0v) is 11.6. The van der Waals surface area contributed by atoms with E-state index in [2.05, 4.69) is 15.9 Å². The summed E-state index contributed by atoms with van der Waals surface area (Å²) in [5, 5.41) is 0.0838. The van der Waals surface area contributed by atoms with E-state index in [-0.39, 0.29) is 11.6 Å². The largest absolute Gasteiger partial charge is 0.489 e. The van der Waals surface area contributed by atoms with Crippen LogP contribution in [0.15, 0.2) is 40.9 Å². The van der Waals surface area contributed by atoms with Crippen molar-refractivity contribution in [1.82, 2.24) is 0 Å². The van der Waals surface area contributed by atoms with Crippen LogP contribution in [0.3, 0.4) is 0 Å². The minimum absolute atomic E-state index is 0.0838. The van der Waals surface area contributed by atoms with Crippen LogP contribution in [0.1, 0.15) is 5.56 Å². The third kappa shape index (κ3) is 3.15. The topological polar surface area (TPSA) is 35.2 Å². The van der Waals surface area contributed by atoms with Crippen LogP contribution >= 0.6 is 27.5 Å². The molecule has 0 aromatic heterocycles. The third-order valence-corrected chi connectivity index (χ3v) is 3.20. The monoisotopic (exact) mass is 329 g/mol. The molecule has 2 N–H and O–H groups in total. The van der Waals surface area contributed by atoms with E-state index in [1.54, 1.807) is 30.3 Å². The van der Waals surface area contributed by atoms with Crippen molar-refractivity contribution in [2.75, 3.05) is 5.73 Å². The Kier molecular flexibility index (Phi) is 4.09. The van der Waals surface area contributed by atoms with Crippen LogP contribution in [0.4, 0.5) is 10.1 Å². The number of hydrogen-bond donors (Lipinski definition) is 1. The maximum atomic E-state index is 13.2. The zero-order valence-electron chi connectivity index (χ0n) is 9.29. The molecule has 2 nitrogen and oxygen atoms in total. The van der Waals surface area contributed by atoms with E-state index in [0.717, 1.165) is 4.47 Å². The summed E-state index contributed by atoms with van der Waals surface area (Å²) in [7, 11) is 0. The highest BCUT2D eigenvalue weighted by Gasteiger charge is 2.06. The van der Waals surface area contributed by atoms with Crippen molar-refractivity contribution >= 4 is 33.2 Å². The van der Waals surface area contributed by atoms with Crippen LogP contribution in [0, 0.1) is 5.82 Å². The SMILES string of the molecule is Nc1cc(Br)cc(OCc2cccc(F)c2Cl)c1. The molecule has 18 heavy (non-hydrogen) atoms. The van der Waals surface area contributed by atoms with Gasteiger partial charge >= 0.3 is 0 Å². The second-order valence-electron chi connectivity index (χ2n) is 3.72. The minimum Gasteiger partial charge on any atom is -0.489 e. The molecule has 0 saturated carbocycles. The van der Waals surface area contributed by atoms with Crippen LogP contribution in [0.5, 0.6) is 5.75 Å². The van der Waals surface area contributed by atoms with Crippen LogP contribution in [-0.4, -0.2) is 0 Å². The smallest absolute Gasteiger partial charge is 0.142 e. The molecule has 0 saturated heterocycles. The van der Waals surface area contributed by atoms with E-state index >= 15 is 0 Å². The fraction of sp³-hybridized carbons (Fsp3) is 0.0769. The molecule has 0 unspecified atom stereocenters. The van der Waals surface area contributed by atoms with Gasteiger partial charge in [0.05, 0.1) is 5.02 Å². The van der Waals surface area contributed by atoms with Crippen LogP contribution < -0.4 is 10.5 Å². The molecule has 0 radical (unpaired) electrons. The number of hydrogen-bond acceptors (Lipinski definition) is 2. The van der Waals surface area contributed by atoms with E-state index in [1.807, 2.05) is 0 Å². The summed E-state index contributed by atoms with van der Waals surface area (Å²) in [6.45, 7) is 0.187. The molecule has 2 rings (SSSR count). The van der Waals surface area contributed by atoms with Gasteiger partial charge in [-0.15, -0.1) is 0 Å². The molecule has 0 aliphatic carbocycles. The molecule has 0 spiro atoms. The van der Waals surface area contributed by atoms with Crippen molar-refractivity contribution in [3.63, 3.8) is 0 Å². The van der Waals surface area contributed by atoms with E-state index in [9.17, 15) is 4.39 Å². The summed E-state index contributed by atoms with van der Waals surface area (Å²) < 4.78 is 19.6. The molecular weight excluding hydrogens is 321 g/mol. The van der Waals surface area contributed by atoms with Crippen LogP contribution in [0.25, 0.3) is 0 Å². The summed E-state index contributed by atoms with van der Waals surface area (Å²) in [6, 6.07) is 9.86. The van der Waals surface area contributed by atoms with Gasteiger partial charge in [0.2, 0.25) is 0 Å². The lowest BCUT2D eigenvalue weighted by Gasteiger charge is -2.09. The number of nitrogens with two attached hydrogens (primary N) is 1. The summed E-state index contributed by atoms with van der Waals surface area (Å²) >= 11 is 9.15. The second-order valence-corrected chi connectivity index (χ2v) is 5.02. The number of nitrogen functional groups attached to an aromatic ring is 1. The van der Waals surface area contributed by atoms with Gasteiger partial charge in [0.1, 0.15) is 18.2 Å². The lowest BCUT2D eigenvalue weighted by atomic mass is 10.2. The molecule has 0 aliphatic rings. The van der Waals surface area contributed by atoms with E-state index < -0.39 is 5.82 Å².